The number of hydrogen-bond donors (Lipinski definition) is 1. The number of carbonyl (C=O) groups is 1. The minimum atomic E-state index is -0.725. The van der Waals surface area contributed by atoms with Gasteiger partial charge in [0.1, 0.15) is 0 Å². The first-order valence-corrected chi connectivity index (χ1v) is 7.35. The summed E-state index contributed by atoms with van der Waals surface area (Å²) in [6, 6.07) is 9.12. The highest BCUT2D eigenvalue weighted by Gasteiger charge is 2.30. The summed E-state index contributed by atoms with van der Waals surface area (Å²) in [5, 5.41) is 2.94. The second kappa shape index (κ2) is 6.69. The van der Waals surface area contributed by atoms with Gasteiger partial charge in [0.25, 0.3) is 0 Å². The van der Waals surface area contributed by atoms with Crippen molar-refractivity contribution in [3.05, 3.63) is 47.8 Å². The van der Waals surface area contributed by atoms with Crippen molar-refractivity contribution in [1.82, 2.24) is 4.98 Å². The summed E-state index contributed by atoms with van der Waals surface area (Å²) < 4.78 is 10.6. The maximum absolute atomic E-state index is 12.7. The minimum absolute atomic E-state index is 0.102. The molecule has 0 atom stereocenters. The fraction of sp³-hybridized carbons (Fsp3) is 0.333. The third-order valence-electron chi connectivity index (χ3n) is 3.83. The molecule has 0 radical (unpaired) electrons. The normalized spacial score (nSPS) is 11.0. The molecule has 0 fully saturated rings. The van der Waals surface area contributed by atoms with Crippen molar-refractivity contribution in [2.75, 3.05) is 19.5 Å². The fourth-order valence-corrected chi connectivity index (χ4v) is 2.27. The number of benzene rings is 1. The van der Waals surface area contributed by atoms with Crippen LogP contribution in [0.1, 0.15) is 25.1 Å². The van der Waals surface area contributed by atoms with Crippen molar-refractivity contribution in [3.63, 3.8) is 0 Å². The third-order valence-corrected chi connectivity index (χ3v) is 3.83. The molecular formula is C18H22N2O3. The SMILES string of the molecule is COc1ccc(C(C)(C)C(=O)Nc2ccnc(C)c2)cc1OC. The van der Waals surface area contributed by atoms with Crippen LogP contribution in [-0.2, 0) is 10.2 Å². The molecule has 1 heterocycles. The summed E-state index contributed by atoms with van der Waals surface area (Å²) in [7, 11) is 3.16. The van der Waals surface area contributed by atoms with Crippen LogP contribution in [0.15, 0.2) is 36.5 Å². The van der Waals surface area contributed by atoms with Crippen LogP contribution in [0.2, 0.25) is 0 Å². The van der Waals surface area contributed by atoms with Crippen LogP contribution in [0.5, 0.6) is 11.5 Å². The molecule has 2 aromatic rings. The van der Waals surface area contributed by atoms with Crippen molar-refractivity contribution in [2.24, 2.45) is 0 Å². The molecule has 23 heavy (non-hydrogen) atoms. The molecule has 122 valence electrons. The Kier molecular flexibility index (Phi) is 4.89. The summed E-state index contributed by atoms with van der Waals surface area (Å²) in [4.78, 5) is 16.8. The van der Waals surface area contributed by atoms with Gasteiger partial charge in [0, 0.05) is 17.6 Å². The Bertz CT molecular complexity index is 711. The molecule has 2 rings (SSSR count). The maximum atomic E-state index is 12.7. The standard InChI is InChI=1S/C18H22N2O3/c1-12-10-14(8-9-19-12)20-17(21)18(2,3)13-6-7-15(22-4)16(11-13)23-5/h6-11H,1-5H3,(H,19,20,21). The van der Waals surface area contributed by atoms with E-state index in [1.807, 2.05) is 39.0 Å². The summed E-state index contributed by atoms with van der Waals surface area (Å²) in [6.07, 6.45) is 1.67. The highest BCUT2D eigenvalue weighted by Crippen LogP contribution is 2.33. The molecule has 1 amide bonds. The molecule has 5 nitrogen and oxygen atoms in total. The van der Waals surface area contributed by atoms with Crippen LogP contribution in [0.25, 0.3) is 0 Å². The number of rotatable bonds is 5. The highest BCUT2D eigenvalue weighted by atomic mass is 16.5. The van der Waals surface area contributed by atoms with Gasteiger partial charge in [-0.2, -0.15) is 0 Å². The molecule has 0 aliphatic rings. The van der Waals surface area contributed by atoms with Crippen LogP contribution in [0, 0.1) is 6.92 Å². The summed E-state index contributed by atoms with van der Waals surface area (Å²) in [5.41, 5.74) is 1.71. The Morgan fingerprint density at radius 3 is 2.39 bits per heavy atom. The first-order valence-electron chi connectivity index (χ1n) is 7.35. The molecule has 0 aliphatic heterocycles. The first kappa shape index (κ1) is 16.8. The van der Waals surface area contributed by atoms with Gasteiger partial charge < -0.3 is 14.8 Å². The Labute approximate surface area is 136 Å². The predicted molar refractivity (Wildman–Crippen MR) is 90.2 cm³/mol. The first-order chi connectivity index (χ1) is 10.9. The van der Waals surface area contributed by atoms with Gasteiger partial charge in [-0.3, -0.25) is 9.78 Å². The van der Waals surface area contributed by atoms with Crippen LogP contribution < -0.4 is 14.8 Å². The van der Waals surface area contributed by atoms with Gasteiger partial charge in [0.05, 0.1) is 19.6 Å². The zero-order chi connectivity index (χ0) is 17.0. The number of nitrogens with zero attached hydrogens (tertiary/aromatic N) is 1. The minimum Gasteiger partial charge on any atom is -0.493 e. The zero-order valence-corrected chi connectivity index (χ0v) is 14.1. The number of nitrogens with one attached hydrogen (secondary N) is 1. The number of aromatic nitrogens is 1. The molecule has 1 aromatic heterocycles. The fourth-order valence-electron chi connectivity index (χ4n) is 2.27. The molecule has 1 aromatic carbocycles. The van der Waals surface area contributed by atoms with Crippen LogP contribution in [0.3, 0.4) is 0 Å². The van der Waals surface area contributed by atoms with Crippen molar-refractivity contribution in [2.45, 2.75) is 26.2 Å². The Hall–Kier alpha value is -2.56. The van der Waals surface area contributed by atoms with E-state index in [-0.39, 0.29) is 5.91 Å². The average molecular weight is 314 g/mol. The van der Waals surface area contributed by atoms with Gasteiger partial charge in [-0.05, 0) is 50.6 Å². The van der Waals surface area contributed by atoms with E-state index < -0.39 is 5.41 Å². The average Bonchev–Trinajstić information content (AvgIpc) is 2.54. The molecule has 0 aliphatic carbocycles. The number of ether oxygens (including phenoxy) is 2. The molecule has 1 N–H and O–H groups in total. The summed E-state index contributed by atoms with van der Waals surface area (Å²) >= 11 is 0. The monoisotopic (exact) mass is 314 g/mol. The lowest BCUT2D eigenvalue weighted by Crippen LogP contribution is -2.34. The lowest BCUT2D eigenvalue weighted by atomic mass is 9.83. The van der Waals surface area contributed by atoms with Gasteiger partial charge in [-0.25, -0.2) is 0 Å². The van der Waals surface area contributed by atoms with Gasteiger partial charge in [0.15, 0.2) is 11.5 Å². The van der Waals surface area contributed by atoms with E-state index in [4.69, 9.17) is 9.47 Å². The Morgan fingerprint density at radius 1 is 1.09 bits per heavy atom. The van der Waals surface area contributed by atoms with Crippen molar-refractivity contribution in [1.29, 1.82) is 0 Å². The van der Waals surface area contributed by atoms with E-state index in [2.05, 4.69) is 10.3 Å². The second-order valence-corrected chi connectivity index (χ2v) is 5.83. The van der Waals surface area contributed by atoms with E-state index in [1.165, 1.54) is 0 Å². The van der Waals surface area contributed by atoms with E-state index in [9.17, 15) is 4.79 Å². The quantitative estimate of drug-likeness (QED) is 0.919. The number of pyridine rings is 1. The number of amides is 1. The van der Waals surface area contributed by atoms with Crippen LogP contribution in [-0.4, -0.2) is 25.1 Å². The second-order valence-electron chi connectivity index (χ2n) is 5.83. The Balaban J connectivity index is 2.28. The third kappa shape index (κ3) is 3.62. The molecule has 0 bridgehead atoms. The number of hydrogen-bond acceptors (Lipinski definition) is 4. The maximum Gasteiger partial charge on any atom is 0.234 e. The molecule has 0 unspecified atom stereocenters. The van der Waals surface area contributed by atoms with E-state index in [0.717, 1.165) is 16.9 Å². The van der Waals surface area contributed by atoms with E-state index in [0.29, 0.717) is 11.5 Å². The topological polar surface area (TPSA) is 60.5 Å². The predicted octanol–water partition coefficient (Wildman–Crippen LogP) is 3.32. The lowest BCUT2D eigenvalue weighted by Gasteiger charge is -2.25. The molecule has 0 spiro atoms. The molecule has 0 saturated heterocycles. The Morgan fingerprint density at radius 2 is 1.78 bits per heavy atom. The largest absolute Gasteiger partial charge is 0.493 e. The zero-order valence-electron chi connectivity index (χ0n) is 14.1. The molecule has 0 saturated carbocycles. The number of methoxy groups -OCH3 is 2. The van der Waals surface area contributed by atoms with Gasteiger partial charge >= 0.3 is 0 Å². The van der Waals surface area contributed by atoms with E-state index in [1.54, 1.807) is 32.5 Å². The van der Waals surface area contributed by atoms with Crippen molar-refractivity contribution >= 4 is 11.6 Å². The van der Waals surface area contributed by atoms with E-state index >= 15 is 0 Å². The molecule has 5 heteroatoms. The van der Waals surface area contributed by atoms with Gasteiger partial charge in [-0.1, -0.05) is 6.07 Å². The van der Waals surface area contributed by atoms with Crippen molar-refractivity contribution in [3.8, 4) is 11.5 Å². The summed E-state index contributed by atoms with van der Waals surface area (Å²) in [5.74, 6) is 1.14. The highest BCUT2D eigenvalue weighted by molar-refractivity contribution is 5.98. The van der Waals surface area contributed by atoms with Gasteiger partial charge in [-0.15, -0.1) is 0 Å². The van der Waals surface area contributed by atoms with Crippen LogP contribution >= 0.6 is 0 Å². The number of aryl methyl sites for hydroxylation is 1. The number of anilines is 1. The lowest BCUT2D eigenvalue weighted by molar-refractivity contribution is -0.120. The van der Waals surface area contributed by atoms with Gasteiger partial charge in [0.2, 0.25) is 5.91 Å². The number of carbonyl (C=O) groups excluding carboxylic acids is 1. The smallest absolute Gasteiger partial charge is 0.234 e. The van der Waals surface area contributed by atoms with Crippen LogP contribution in [0.4, 0.5) is 5.69 Å². The van der Waals surface area contributed by atoms with Crippen molar-refractivity contribution < 1.29 is 14.3 Å². The summed E-state index contributed by atoms with van der Waals surface area (Å²) in [6.45, 7) is 5.63. The molecular weight excluding hydrogens is 292 g/mol.